The Labute approximate surface area is 99.0 Å². The molecule has 2 nitrogen and oxygen atoms in total. The highest BCUT2D eigenvalue weighted by atomic mass is 19.1. The van der Waals surface area contributed by atoms with Crippen LogP contribution < -0.4 is 10.1 Å². The summed E-state index contributed by atoms with van der Waals surface area (Å²) >= 11 is 0. The largest absolute Gasteiger partial charge is 0.493 e. The molecule has 2 aliphatic heterocycles. The molecule has 0 saturated carbocycles. The van der Waals surface area contributed by atoms with Crippen LogP contribution in [0.15, 0.2) is 6.07 Å². The molecule has 2 aliphatic rings. The van der Waals surface area contributed by atoms with E-state index in [-0.39, 0.29) is 6.04 Å². The molecule has 1 aromatic carbocycles. The molecule has 92 valence electrons. The first-order valence-corrected chi connectivity index (χ1v) is 6.14. The van der Waals surface area contributed by atoms with Gasteiger partial charge in [-0.2, -0.15) is 0 Å². The van der Waals surface area contributed by atoms with Crippen LogP contribution in [-0.4, -0.2) is 13.2 Å². The highest BCUT2D eigenvalue weighted by Crippen LogP contribution is 2.39. The van der Waals surface area contributed by atoms with Gasteiger partial charge in [0.25, 0.3) is 0 Å². The van der Waals surface area contributed by atoms with E-state index in [0.717, 1.165) is 31.9 Å². The number of halogens is 2. The van der Waals surface area contributed by atoms with Crippen LogP contribution in [0.1, 0.15) is 36.4 Å². The van der Waals surface area contributed by atoms with Crippen LogP contribution in [0.25, 0.3) is 0 Å². The molecule has 1 fully saturated rings. The number of ether oxygens (including phenoxy) is 1. The molecule has 0 amide bonds. The number of benzene rings is 1. The molecule has 0 aliphatic carbocycles. The van der Waals surface area contributed by atoms with E-state index in [4.69, 9.17) is 4.74 Å². The fourth-order valence-corrected chi connectivity index (χ4v) is 2.73. The van der Waals surface area contributed by atoms with Crippen molar-refractivity contribution < 1.29 is 13.5 Å². The topological polar surface area (TPSA) is 21.3 Å². The van der Waals surface area contributed by atoms with Crippen molar-refractivity contribution in [2.75, 3.05) is 13.2 Å². The highest BCUT2D eigenvalue weighted by molar-refractivity contribution is 5.46. The molecule has 0 aromatic heterocycles. The molecule has 1 N–H and O–H groups in total. The fourth-order valence-electron chi connectivity index (χ4n) is 2.73. The van der Waals surface area contributed by atoms with Crippen LogP contribution in [0.5, 0.6) is 5.75 Å². The summed E-state index contributed by atoms with van der Waals surface area (Å²) in [5.41, 5.74) is 1.07. The Hall–Kier alpha value is -1.16. The molecular weight excluding hydrogens is 224 g/mol. The highest BCUT2D eigenvalue weighted by Gasteiger charge is 2.29. The summed E-state index contributed by atoms with van der Waals surface area (Å²) in [6.45, 7) is 1.44. The Morgan fingerprint density at radius 3 is 2.88 bits per heavy atom. The Bertz CT molecular complexity index is 442. The molecule has 17 heavy (non-hydrogen) atoms. The predicted molar refractivity (Wildman–Crippen MR) is 60.2 cm³/mol. The second-order valence-electron chi connectivity index (χ2n) is 4.66. The van der Waals surface area contributed by atoms with Gasteiger partial charge in [-0.25, -0.2) is 8.78 Å². The molecule has 2 heterocycles. The Morgan fingerprint density at radius 1 is 1.24 bits per heavy atom. The average Bonchev–Trinajstić information content (AvgIpc) is 2.83. The Morgan fingerprint density at radius 2 is 2.12 bits per heavy atom. The quantitative estimate of drug-likeness (QED) is 0.813. The minimum absolute atomic E-state index is 0.0255. The molecule has 1 unspecified atom stereocenters. The minimum atomic E-state index is -0.484. The van der Waals surface area contributed by atoms with Gasteiger partial charge in [-0.15, -0.1) is 0 Å². The third-order valence-electron chi connectivity index (χ3n) is 3.54. The van der Waals surface area contributed by atoms with E-state index >= 15 is 0 Å². The van der Waals surface area contributed by atoms with Crippen molar-refractivity contribution in [1.82, 2.24) is 5.32 Å². The SMILES string of the molecule is Fc1cc(F)c(C2CCCN2)c2c1CCCO2. The van der Waals surface area contributed by atoms with Crippen molar-refractivity contribution in [3.8, 4) is 5.75 Å². The Balaban J connectivity index is 2.12. The van der Waals surface area contributed by atoms with E-state index in [9.17, 15) is 8.78 Å². The fraction of sp³-hybridized carbons (Fsp3) is 0.538. The summed E-state index contributed by atoms with van der Waals surface area (Å²) in [6, 6.07) is 0.977. The monoisotopic (exact) mass is 239 g/mol. The van der Waals surface area contributed by atoms with Crippen molar-refractivity contribution in [2.45, 2.75) is 31.7 Å². The first-order valence-electron chi connectivity index (χ1n) is 6.14. The van der Waals surface area contributed by atoms with E-state index in [0.29, 0.717) is 29.9 Å². The maximum absolute atomic E-state index is 13.9. The van der Waals surface area contributed by atoms with Gasteiger partial charge in [0.2, 0.25) is 0 Å². The van der Waals surface area contributed by atoms with Crippen molar-refractivity contribution in [3.05, 3.63) is 28.8 Å². The van der Waals surface area contributed by atoms with Crippen LogP contribution >= 0.6 is 0 Å². The lowest BCUT2D eigenvalue weighted by Gasteiger charge is -2.24. The third-order valence-corrected chi connectivity index (χ3v) is 3.54. The van der Waals surface area contributed by atoms with E-state index in [1.54, 1.807) is 0 Å². The van der Waals surface area contributed by atoms with Gasteiger partial charge in [0.15, 0.2) is 0 Å². The van der Waals surface area contributed by atoms with Gasteiger partial charge in [-0.1, -0.05) is 0 Å². The summed E-state index contributed by atoms with van der Waals surface area (Å²) in [6.07, 6.45) is 3.35. The van der Waals surface area contributed by atoms with Gasteiger partial charge >= 0.3 is 0 Å². The third kappa shape index (κ3) is 1.80. The van der Waals surface area contributed by atoms with Crippen LogP contribution in [-0.2, 0) is 6.42 Å². The lowest BCUT2D eigenvalue weighted by molar-refractivity contribution is 0.274. The summed E-state index contributed by atoms with van der Waals surface area (Å²) in [5.74, 6) is -0.505. The Kier molecular flexibility index (Phi) is 2.74. The lowest BCUT2D eigenvalue weighted by atomic mass is 9.96. The van der Waals surface area contributed by atoms with Crippen LogP contribution in [0.4, 0.5) is 8.78 Å². The van der Waals surface area contributed by atoms with Crippen LogP contribution in [0.3, 0.4) is 0 Å². The van der Waals surface area contributed by atoms with E-state index in [2.05, 4.69) is 5.32 Å². The zero-order valence-corrected chi connectivity index (χ0v) is 9.56. The predicted octanol–water partition coefficient (Wildman–Crippen LogP) is 2.71. The zero-order valence-electron chi connectivity index (χ0n) is 9.56. The van der Waals surface area contributed by atoms with Gasteiger partial charge in [0, 0.05) is 23.2 Å². The van der Waals surface area contributed by atoms with Gasteiger partial charge in [0.05, 0.1) is 6.61 Å². The molecule has 0 bridgehead atoms. The number of fused-ring (bicyclic) bond motifs is 1. The van der Waals surface area contributed by atoms with E-state index in [1.807, 2.05) is 0 Å². The van der Waals surface area contributed by atoms with Crippen LogP contribution in [0.2, 0.25) is 0 Å². The lowest BCUT2D eigenvalue weighted by Crippen LogP contribution is -2.20. The second-order valence-corrected chi connectivity index (χ2v) is 4.66. The molecule has 1 aromatic rings. The molecule has 3 rings (SSSR count). The number of nitrogens with one attached hydrogen (secondary N) is 1. The molecule has 4 heteroatoms. The summed E-state index contributed by atoms with van der Waals surface area (Å²) in [7, 11) is 0. The molecule has 0 spiro atoms. The van der Waals surface area contributed by atoms with Crippen molar-refractivity contribution >= 4 is 0 Å². The van der Waals surface area contributed by atoms with Gasteiger partial charge in [0.1, 0.15) is 17.4 Å². The standard InChI is InChI=1S/C13H15F2NO/c14-9-7-10(15)12(11-4-1-5-16-11)13-8(9)3-2-6-17-13/h7,11,16H,1-6H2. The molecule has 1 atom stereocenters. The summed E-state index contributed by atoms with van der Waals surface area (Å²) in [4.78, 5) is 0. The van der Waals surface area contributed by atoms with Gasteiger partial charge < -0.3 is 10.1 Å². The molecule has 0 radical (unpaired) electrons. The molecule has 1 saturated heterocycles. The first-order chi connectivity index (χ1) is 8.27. The van der Waals surface area contributed by atoms with Crippen molar-refractivity contribution in [1.29, 1.82) is 0 Å². The second kappa shape index (κ2) is 4.26. The maximum Gasteiger partial charge on any atom is 0.134 e. The molecular formula is C13H15F2NO. The smallest absolute Gasteiger partial charge is 0.134 e. The van der Waals surface area contributed by atoms with Crippen molar-refractivity contribution in [2.24, 2.45) is 0 Å². The average molecular weight is 239 g/mol. The normalized spacial score (nSPS) is 23.3. The number of hydrogen-bond acceptors (Lipinski definition) is 2. The van der Waals surface area contributed by atoms with E-state index < -0.39 is 11.6 Å². The minimum Gasteiger partial charge on any atom is -0.493 e. The van der Waals surface area contributed by atoms with Crippen LogP contribution in [0, 0.1) is 11.6 Å². The number of hydrogen-bond donors (Lipinski definition) is 1. The zero-order chi connectivity index (χ0) is 11.8. The maximum atomic E-state index is 13.9. The van der Waals surface area contributed by atoms with E-state index in [1.165, 1.54) is 0 Å². The summed E-state index contributed by atoms with van der Waals surface area (Å²) in [5, 5.41) is 3.24. The van der Waals surface area contributed by atoms with Gasteiger partial charge in [-0.3, -0.25) is 0 Å². The van der Waals surface area contributed by atoms with Gasteiger partial charge in [-0.05, 0) is 32.2 Å². The van der Waals surface area contributed by atoms with Crippen molar-refractivity contribution in [3.63, 3.8) is 0 Å². The summed E-state index contributed by atoms with van der Waals surface area (Å²) < 4.78 is 33.1. The first kappa shape index (κ1) is 11.0. The number of rotatable bonds is 1.